The maximum absolute atomic E-state index is 5.59. The number of nitrogens with two attached hydrogens (primary N) is 1. The van der Waals surface area contributed by atoms with Gasteiger partial charge in [0.25, 0.3) is 0 Å². The lowest BCUT2D eigenvalue weighted by Crippen LogP contribution is -2.47. The van der Waals surface area contributed by atoms with Crippen LogP contribution in [0.5, 0.6) is 0 Å². The van der Waals surface area contributed by atoms with Crippen molar-refractivity contribution < 1.29 is 0 Å². The third-order valence-corrected chi connectivity index (χ3v) is 3.54. The predicted octanol–water partition coefficient (Wildman–Crippen LogP) is 0.657. The van der Waals surface area contributed by atoms with E-state index in [1.54, 1.807) is 12.5 Å². The van der Waals surface area contributed by atoms with Gasteiger partial charge >= 0.3 is 0 Å². The Morgan fingerprint density at radius 3 is 2.15 bits per heavy atom. The fourth-order valence-corrected chi connectivity index (χ4v) is 2.36. The van der Waals surface area contributed by atoms with E-state index in [9.17, 15) is 0 Å². The van der Waals surface area contributed by atoms with E-state index in [1.165, 1.54) is 0 Å². The molecule has 0 saturated carbocycles. The minimum Gasteiger partial charge on any atom is -0.353 e. The van der Waals surface area contributed by atoms with Gasteiger partial charge in [-0.15, -0.1) is 0 Å². The topological polar surface area (TPSA) is 71.2 Å². The molecule has 0 aliphatic carbocycles. The number of hydrogen-bond acceptors (Lipinski definition) is 6. The summed E-state index contributed by atoms with van der Waals surface area (Å²) >= 11 is 0. The number of nitrogens with zero attached hydrogens (tertiary/aromatic N) is 5. The summed E-state index contributed by atoms with van der Waals surface area (Å²) in [6.07, 6.45) is 5.22. The van der Waals surface area contributed by atoms with Gasteiger partial charge in [0, 0.05) is 45.1 Å². The Balaban J connectivity index is 1.63. The molecule has 104 valence electrons. The van der Waals surface area contributed by atoms with Gasteiger partial charge in [-0.3, -0.25) is 0 Å². The lowest BCUT2D eigenvalue weighted by molar-refractivity contribution is 0.641. The Morgan fingerprint density at radius 2 is 1.65 bits per heavy atom. The van der Waals surface area contributed by atoms with Crippen LogP contribution in [-0.4, -0.2) is 41.1 Å². The van der Waals surface area contributed by atoms with Crippen molar-refractivity contribution in [3.8, 4) is 0 Å². The molecule has 3 rings (SSSR count). The van der Waals surface area contributed by atoms with E-state index in [4.69, 9.17) is 5.73 Å². The number of anilines is 2. The van der Waals surface area contributed by atoms with Crippen molar-refractivity contribution in [1.29, 1.82) is 0 Å². The first-order valence-corrected chi connectivity index (χ1v) is 6.78. The zero-order chi connectivity index (χ0) is 13.8. The minimum absolute atomic E-state index is 0.536. The molecule has 0 atom stereocenters. The maximum Gasteiger partial charge on any atom is 0.132 e. The van der Waals surface area contributed by atoms with Crippen molar-refractivity contribution >= 4 is 11.6 Å². The summed E-state index contributed by atoms with van der Waals surface area (Å²) in [5, 5.41) is 0. The smallest absolute Gasteiger partial charge is 0.132 e. The number of hydrogen-bond donors (Lipinski definition) is 1. The van der Waals surface area contributed by atoms with E-state index >= 15 is 0 Å². The Morgan fingerprint density at radius 1 is 0.950 bits per heavy atom. The molecule has 0 unspecified atom stereocenters. The predicted molar refractivity (Wildman–Crippen MR) is 78.6 cm³/mol. The highest BCUT2D eigenvalue weighted by Crippen LogP contribution is 2.17. The largest absolute Gasteiger partial charge is 0.353 e. The zero-order valence-electron chi connectivity index (χ0n) is 11.3. The van der Waals surface area contributed by atoms with Crippen LogP contribution in [0.3, 0.4) is 0 Å². The molecule has 1 aliphatic heterocycles. The fraction of sp³-hybridized carbons (Fsp3) is 0.357. The van der Waals surface area contributed by atoms with E-state index in [1.807, 2.05) is 24.4 Å². The third-order valence-electron chi connectivity index (χ3n) is 3.54. The Kier molecular flexibility index (Phi) is 3.73. The summed E-state index contributed by atoms with van der Waals surface area (Å²) in [7, 11) is 0. The molecule has 0 radical (unpaired) electrons. The second-order valence-electron chi connectivity index (χ2n) is 4.77. The molecule has 6 nitrogen and oxygen atoms in total. The summed E-state index contributed by atoms with van der Waals surface area (Å²) in [4.78, 5) is 17.3. The van der Waals surface area contributed by atoms with Crippen molar-refractivity contribution in [3.05, 3.63) is 42.5 Å². The van der Waals surface area contributed by atoms with Crippen LogP contribution in [0.15, 0.2) is 36.9 Å². The van der Waals surface area contributed by atoms with E-state index in [2.05, 4.69) is 24.8 Å². The highest BCUT2D eigenvalue weighted by atomic mass is 15.3. The van der Waals surface area contributed by atoms with Crippen LogP contribution in [0.25, 0.3) is 0 Å². The molecule has 0 amide bonds. The van der Waals surface area contributed by atoms with Crippen LogP contribution in [-0.2, 0) is 6.54 Å². The highest BCUT2D eigenvalue weighted by molar-refractivity contribution is 5.44. The molecule has 0 aromatic carbocycles. The van der Waals surface area contributed by atoms with Crippen LogP contribution in [0.1, 0.15) is 5.56 Å². The van der Waals surface area contributed by atoms with Crippen LogP contribution < -0.4 is 15.5 Å². The van der Waals surface area contributed by atoms with Gasteiger partial charge in [-0.1, -0.05) is 6.07 Å². The van der Waals surface area contributed by atoms with Crippen LogP contribution in [0.2, 0.25) is 0 Å². The zero-order valence-corrected chi connectivity index (χ0v) is 11.3. The Bertz CT molecular complexity index is 533. The minimum atomic E-state index is 0.536. The molecule has 0 spiro atoms. The Labute approximate surface area is 118 Å². The molecule has 1 fully saturated rings. The van der Waals surface area contributed by atoms with Gasteiger partial charge in [0.2, 0.25) is 0 Å². The molecule has 2 N–H and O–H groups in total. The summed E-state index contributed by atoms with van der Waals surface area (Å²) < 4.78 is 0. The average Bonchev–Trinajstić information content (AvgIpc) is 2.56. The Hall–Kier alpha value is -2.21. The summed E-state index contributed by atoms with van der Waals surface area (Å²) in [6, 6.07) is 6.03. The molecule has 0 bridgehead atoms. The first-order valence-electron chi connectivity index (χ1n) is 6.78. The summed E-state index contributed by atoms with van der Waals surface area (Å²) in [5.41, 5.74) is 6.65. The maximum atomic E-state index is 5.59. The van der Waals surface area contributed by atoms with E-state index in [0.29, 0.717) is 6.54 Å². The lowest BCUT2D eigenvalue weighted by Gasteiger charge is -2.36. The van der Waals surface area contributed by atoms with E-state index in [0.717, 1.165) is 43.4 Å². The van der Waals surface area contributed by atoms with E-state index < -0.39 is 0 Å². The summed E-state index contributed by atoms with van der Waals surface area (Å²) in [6.45, 7) is 4.31. The van der Waals surface area contributed by atoms with Crippen molar-refractivity contribution in [2.75, 3.05) is 36.0 Å². The van der Waals surface area contributed by atoms with Crippen molar-refractivity contribution in [3.63, 3.8) is 0 Å². The first-order chi connectivity index (χ1) is 9.86. The fourth-order valence-electron chi connectivity index (χ4n) is 2.36. The molecular weight excluding hydrogens is 252 g/mol. The van der Waals surface area contributed by atoms with Gasteiger partial charge in [-0.25, -0.2) is 15.0 Å². The van der Waals surface area contributed by atoms with Crippen LogP contribution in [0.4, 0.5) is 11.6 Å². The monoisotopic (exact) mass is 270 g/mol. The SMILES string of the molecule is NCc1ccc(N2CCN(c3ccncn3)CC2)nc1. The summed E-state index contributed by atoms with van der Waals surface area (Å²) in [5.74, 6) is 2.01. The number of piperazine rings is 1. The standard InChI is InChI=1S/C14H18N6/c15-9-12-1-2-13(17-10-12)19-5-7-20(8-6-19)14-3-4-16-11-18-14/h1-4,10-11H,5-9,15H2. The molecule has 6 heteroatoms. The van der Waals surface area contributed by atoms with Gasteiger partial charge in [-0.2, -0.15) is 0 Å². The second-order valence-corrected chi connectivity index (χ2v) is 4.77. The van der Waals surface area contributed by atoms with Gasteiger partial charge in [0.1, 0.15) is 18.0 Å². The number of pyridine rings is 1. The van der Waals surface area contributed by atoms with Crippen LogP contribution in [0, 0.1) is 0 Å². The lowest BCUT2D eigenvalue weighted by atomic mass is 10.2. The third kappa shape index (κ3) is 2.70. The molecule has 3 heterocycles. The molecular formula is C14H18N6. The van der Waals surface area contributed by atoms with E-state index in [-0.39, 0.29) is 0 Å². The van der Waals surface area contributed by atoms with Crippen molar-refractivity contribution in [2.45, 2.75) is 6.54 Å². The van der Waals surface area contributed by atoms with Crippen molar-refractivity contribution in [2.24, 2.45) is 5.73 Å². The second kappa shape index (κ2) is 5.83. The molecule has 2 aromatic rings. The van der Waals surface area contributed by atoms with Gasteiger partial charge < -0.3 is 15.5 Å². The highest BCUT2D eigenvalue weighted by Gasteiger charge is 2.18. The average molecular weight is 270 g/mol. The molecule has 1 saturated heterocycles. The molecule has 1 aliphatic rings. The van der Waals surface area contributed by atoms with Crippen LogP contribution >= 0.6 is 0 Å². The normalized spacial score (nSPS) is 15.4. The van der Waals surface area contributed by atoms with Gasteiger partial charge in [0.15, 0.2) is 0 Å². The van der Waals surface area contributed by atoms with Crippen molar-refractivity contribution in [1.82, 2.24) is 15.0 Å². The van der Waals surface area contributed by atoms with Gasteiger partial charge in [-0.05, 0) is 17.7 Å². The molecule has 20 heavy (non-hydrogen) atoms. The molecule has 2 aromatic heterocycles. The first kappa shape index (κ1) is 12.8. The quantitative estimate of drug-likeness (QED) is 0.883. The van der Waals surface area contributed by atoms with Gasteiger partial charge in [0.05, 0.1) is 0 Å². The number of rotatable bonds is 3. The number of aromatic nitrogens is 3.